The van der Waals surface area contributed by atoms with E-state index in [0.29, 0.717) is 11.5 Å². The Bertz CT molecular complexity index is 452. The lowest BCUT2D eigenvalue weighted by Crippen LogP contribution is -2.33. The maximum Gasteiger partial charge on any atom is 0.274 e. The quantitative estimate of drug-likeness (QED) is 0.798. The van der Waals surface area contributed by atoms with Gasteiger partial charge < -0.3 is 15.0 Å². The van der Waals surface area contributed by atoms with E-state index in [-0.39, 0.29) is 12.0 Å². The maximum absolute atomic E-state index is 12.4. The molecule has 1 saturated heterocycles. The molecule has 6 heteroatoms. The van der Waals surface area contributed by atoms with Crippen LogP contribution in [0.25, 0.3) is 0 Å². The molecule has 1 unspecified atom stereocenters. The van der Waals surface area contributed by atoms with Gasteiger partial charge in [-0.1, -0.05) is 13.8 Å². The van der Waals surface area contributed by atoms with E-state index in [2.05, 4.69) is 29.1 Å². The molecule has 1 aliphatic heterocycles. The van der Waals surface area contributed by atoms with Crippen molar-refractivity contribution in [3.8, 4) is 0 Å². The lowest BCUT2D eigenvalue weighted by atomic mass is 10.2. The van der Waals surface area contributed by atoms with E-state index < -0.39 is 0 Å². The molecule has 2 heterocycles. The van der Waals surface area contributed by atoms with Crippen LogP contribution < -0.4 is 5.32 Å². The highest BCUT2D eigenvalue weighted by atomic mass is 16.5. The van der Waals surface area contributed by atoms with E-state index in [0.717, 1.165) is 51.9 Å². The molecule has 0 radical (unpaired) electrons. The van der Waals surface area contributed by atoms with Crippen LogP contribution in [0.4, 0.5) is 5.82 Å². The number of rotatable bonds is 8. The van der Waals surface area contributed by atoms with E-state index in [1.807, 2.05) is 4.90 Å². The summed E-state index contributed by atoms with van der Waals surface area (Å²) in [5.41, 5.74) is 0.407. The first-order chi connectivity index (χ1) is 10.7. The summed E-state index contributed by atoms with van der Waals surface area (Å²) in [7, 11) is 0. The van der Waals surface area contributed by atoms with Crippen molar-refractivity contribution in [2.75, 3.05) is 31.6 Å². The Labute approximate surface area is 132 Å². The second-order valence-electron chi connectivity index (χ2n) is 5.60. The summed E-state index contributed by atoms with van der Waals surface area (Å²) in [5.74, 6) is 0.645. The highest BCUT2D eigenvalue weighted by molar-refractivity contribution is 5.92. The normalized spacial score (nSPS) is 17.5. The van der Waals surface area contributed by atoms with Crippen LogP contribution in [-0.4, -0.2) is 53.1 Å². The average Bonchev–Trinajstić information content (AvgIpc) is 3.06. The van der Waals surface area contributed by atoms with Crippen LogP contribution in [0.2, 0.25) is 0 Å². The molecule has 2 rings (SSSR count). The monoisotopic (exact) mass is 306 g/mol. The summed E-state index contributed by atoms with van der Waals surface area (Å²) >= 11 is 0. The van der Waals surface area contributed by atoms with Gasteiger partial charge >= 0.3 is 0 Å². The zero-order valence-electron chi connectivity index (χ0n) is 13.5. The third-order valence-electron chi connectivity index (χ3n) is 3.68. The van der Waals surface area contributed by atoms with Gasteiger partial charge in [-0.2, -0.15) is 0 Å². The Balaban J connectivity index is 1.90. The number of carbonyl (C=O) groups excluding carboxylic acids is 1. The van der Waals surface area contributed by atoms with Gasteiger partial charge in [0.05, 0.1) is 18.5 Å². The minimum atomic E-state index is -0.0399. The fourth-order valence-electron chi connectivity index (χ4n) is 2.57. The van der Waals surface area contributed by atoms with Gasteiger partial charge in [0, 0.05) is 26.2 Å². The van der Waals surface area contributed by atoms with Crippen molar-refractivity contribution in [2.24, 2.45) is 0 Å². The number of ether oxygens (including phenoxy) is 1. The molecule has 0 spiro atoms. The molecule has 1 aromatic rings. The zero-order chi connectivity index (χ0) is 15.8. The van der Waals surface area contributed by atoms with Gasteiger partial charge in [-0.15, -0.1) is 0 Å². The minimum absolute atomic E-state index is 0.0399. The van der Waals surface area contributed by atoms with Gasteiger partial charge in [0.25, 0.3) is 5.91 Å². The topological polar surface area (TPSA) is 67.4 Å². The van der Waals surface area contributed by atoms with Crippen LogP contribution in [0.3, 0.4) is 0 Å². The molecular formula is C16H26N4O2. The number of amides is 1. The van der Waals surface area contributed by atoms with E-state index in [4.69, 9.17) is 4.74 Å². The number of hydrogen-bond donors (Lipinski definition) is 1. The summed E-state index contributed by atoms with van der Waals surface area (Å²) in [5, 5.41) is 3.21. The average molecular weight is 306 g/mol. The molecule has 1 atom stereocenters. The van der Waals surface area contributed by atoms with E-state index >= 15 is 0 Å². The SMILES string of the molecule is CCCN(CCC)C(=O)c1cnc(NCC2CCCO2)cn1. The lowest BCUT2D eigenvalue weighted by molar-refractivity contribution is 0.0749. The standard InChI is InChI=1S/C16H26N4O2/c1-3-7-20(8-4-2)16(21)14-11-19-15(12-17-14)18-10-13-6-5-9-22-13/h11-13H,3-10H2,1-2H3,(H,18,19). The van der Waals surface area contributed by atoms with Gasteiger partial charge in [-0.25, -0.2) is 9.97 Å². The molecule has 6 nitrogen and oxygen atoms in total. The molecule has 1 fully saturated rings. The van der Waals surface area contributed by atoms with Crippen LogP contribution in [0, 0.1) is 0 Å². The van der Waals surface area contributed by atoms with Crippen molar-refractivity contribution in [2.45, 2.75) is 45.6 Å². The van der Waals surface area contributed by atoms with Crippen LogP contribution in [-0.2, 0) is 4.74 Å². The number of carbonyl (C=O) groups is 1. The lowest BCUT2D eigenvalue weighted by Gasteiger charge is -2.20. The molecule has 1 amide bonds. The highest BCUT2D eigenvalue weighted by Crippen LogP contribution is 2.13. The summed E-state index contributed by atoms with van der Waals surface area (Å²) < 4.78 is 5.55. The molecule has 0 saturated carbocycles. The second-order valence-corrected chi connectivity index (χ2v) is 5.60. The number of hydrogen-bond acceptors (Lipinski definition) is 5. The largest absolute Gasteiger partial charge is 0.376 e. The third-order valence-corrected chi connectivity index (χ3v) is 3.68. The minimum Gasteiger partial charge on any atom is -0.376 e. The molecule has 1 aromatic heterocycles. The van der Waals surface area contributed by atoms with Gasteiger partial charge in [-0.05, 0) is 25.7 Å². The number of nitrogens with zero attached hydrogens (tertiary/aromatic N) is 3. The third kappa shape index (κ3) is 4.66. The predicted octanol–water partition coefficient (Wildman–Crippen LogP) is 2.33. The Morgan fingerprint density at radius 3 is 2.64 bits per heavy atom. The van der Waals surface area contributed by atoms with Crippen LogP contribution in [0.1, 0.15) is 50.0 Å². The smallest absolute Gasteiger partial charge is 0.274 e. The zero-order valence-corrected chi connectivity index (χ0v) is 13.5. The molecule has 0 bridgehead atoms. The van der Waals surface area contributed by atoms with Gasteiger partial charge in [0.2, 0.25) is 0 Å². The van der Waals surface area contributed by atoms with Crippen LogP contribution in [0.15, 0.2) is 12.4 Å². The van der Waals surface area contributed by atoms with Crippen molar-refractivity contribution in [1.82, 2.24) is 14.9 Å². The molecule has 0 aromatic carbocycles. The van der Waals surface area contributed by atoms with Gasteiger partial charge in [0.15, 0.2) is 0 Å². The summed E-state index contributed by atoms with van der Waals surface area (Å²) in [6, 6.07) is 0. The Morgan fingerprint density at radius 1 is 1.32 bits per heavy atom. The van der Waals surface area contributed by atoms with Crippen molar-refractivity contribution < 1.29 is 9.53 Å². The first kappa shape index (κ1) is 16.7. The van der Waals surface area contributed by atoms with E-state index in [1.54, 1.807) is 12.4 Å². The van der Waals surface area contributed by atoms with E-state index in [9.17, 15) is 4.79 Å². The highest BCUT2D eigenvalue weighted by Gasteiger charge is 2.17. The van der Waals surface area contributed by atoms with Gasteiger partial charge in [-0.3, -0.25) is 4.79 Å². The molecule has 122 valence electrons. The number of anilines is 1. The molecule has 0 aliphatic carbocycles. The molecule has 1 N–H and O–H groups in total. The molecular weight excluding hydrogens is 280 g/mol. The summed E-state index contributed by atoms with van der Waals surface area (Å²) in [4.78, 5) is 22.8. The fraction of sp³-hybridized carbons (Fsp3) is 0.688. The molecule has 1 aliphatic rings. The maximum atomic E-state index is 12.4. The van der Waals surface area contributed by atoms with Crippen molar-refractivity contribution in [3.63, 3.8) is 0 Å². The summed E-state index contributed by atoms with van der Waals surface area (Å²) in [6.45, 7) is 7.23. The van der Waals surface area contributed by atoms with E-state index in [1.165, 1.54) is 0 Å². The number of nitrogens with one attached hydrogen (secondary N) is 1. The first-order valence-electron chi connectivity index (χ1n) is 8.21. The Morgan fingerprint density at radius 2 is 2.09 bits per heavy atom. The first-order valence-corrected chi connectivity index (χ1v) is 8.21. The van der Waals surface area contributed by atoms with Crippen molar-refractivity contribution in [1.29, 1.82) is 0 Å². The summed E-state index contributed by atoms with van der Waals surface area (Å²) in [6.07, 6.45) is 7.53. The van der Waals surface area contributed by atoms with Crippen molar-refractivity contribution in [3.05, 3.63) is 18.1 Å². The second kappa shape index (κ2) is 8.68. The van der Waals surface area contributed by atoms with Gasteiger partial charge in [0.1, 0.15) is 11.5 Å². The van der Waals surface area contributed by atoms with Crippen LogP contribution >= 0.6 is 0 Å². The Kier molecular flexibility index (Phi) is 6.58. The van der Waals surface area contributed by atoms with Crippen LogP contribution in [0.5, 0.6) is 0 Å². The fourth-order valence-corrected chi connectivity index (χ4v) is 2.57. The Hall–Kier alpha value is -1.69. The predicted molar refractivity (Wildman–Crippen MR) is 86.0 cm³/mol. The van der Waals surface area contributed by atoms with Crippen molar-refractivity contribution >= 4 is 11.7 Å². The number of aromatic nitrogens is 2. The molecule has 22 heavy (non-hydrogen) atoms.